The second kappa shape index (κ2) is 5.72. The Labute approximate surface area is 124 Å². The fraction of sp³-hybridized carbons (Fsp3) is 0. The quantitative estimate of drug-likeness (QED) is 0.713. The maximum absolute atomic E-state index is 12.0. The maximum Gasteiger partial charge on any atom is 0.288 e. The molecule has 21 heavy (non-hydrogen) atoms. The molecule has 6 heteroatoms. The van der Waals surface area contributed by atoms with Crippen LogP contribution in [0.3, 0.4) is 0 Å². The molecule has 5 nitrogen and oxygen atoms in total. The number of fused-ring (bicyclic) bond motifs is 1. The van der Waals surface area contributed by atoms with Crippen molar-refractivity contribution in [3.05, 3.63) is 64.5 Å². The third-order valence-corrected chi connectivity index (χ3v) is 3.73. The van der Waals surface area contributed by atoms with Crippen LogP contribution in [0.2, 0.25) is 0 Å². The van der Waals surface area contributed by atoms with E-state index in [4.69, 9.17) is 0 Å². The SMILES string of the molecule is O=C(NNC(=O)c1cccs1)c1ccc2ccccc2n1. The fourth-order valence-corrected chi connectivity index (χ4v) is 2.46. The van der Waals surface area contributed by atoms with Gasteiger partial charge in [-0.15, -0.1) is 11.3 Å². The number of aromatic nitrogens is 1. The van der Waals surface area contributed by atoms with E-state index in [0.717, 1.165) is 10.9 Å². The average molecular weight is 297 g/mol. The minimum atomic E-state index is -0.453. The molecule has 104 valence electrons. The summed E-state index contributed by atoms with van der Waals surface area (Å²) in [7, 11) is 0. The van der Waals surface area contributed by atoms with Gasteiger partial charge in [0.2, 0.25) is 0 Å². The highest BCUT2D eigenvalue weighted by Crippen LogP contribution is 2.11. The molecule has 0 saturated carbocycles. The van der Waals surface area contributed by atoms with Crippen molar-refractivity contribution >= 4 is 34.1 Å². The van der Waals surface area contributed by atoms with Crippen LogP contribution < -0.4 is 10.9 Å². The van der Waals surface area contributed by atoms with Crippen molar-refractivity contribution in [2.75, 3.05) is 0 Å². The van der Waals surface area contributed by atoms with Gasteiger partial charge in [-0.3, -0.25) is 20.4 Å². The van der Waals surface area contributed by atoms with Crippen molar-refractivity contribution in [1.82, 2.24) is 15.8 Å². The molecule has 0 aliphatic heterocycles. The third kappa shape index (κ3) is 2.90. The van der Waals surface area contributed by atoms with Gasteiger partial charge in [0.1, 0.15) is 5.69 Å². The van der Waals surface area contributed by atoms with E-state index in [1.54, 1.807) is 23.6 Å². The number of pyridine rings is 1. The van der Waals surface area contributed by atoms with E-state index < -0.39 is 5.91 Å². The molecule has 0 radical (unpaired) electrons. The van der Waals surface area contributed by atoms with Crippen molar-refractivity contribution < 1.29 is 9.59 Å². The van der Waals surface area contributed by atoms with E-state index >= 15 is 0 Å². The molecule has 0 aliphatic rings. The van der Waals surface area contributed by atoms with Crippen molar-refractivity contribution in [3.8, 4) is 0 Å². The van der Waals surface area contributed by atoms with Crippen LogP contribution in [0, 0.1) is 0 Å². The molecule has 0 spiro atoms. The number of nitrogens with zero attached hydrogens (tertiary/aromatic N) is 1. The van der Waals surface area contributed by atoms with Crippen LogP contribution in [0.1, 0.15) is 20.2 Å². The number of hydrogen-bond donors (Lipinski definition) is 2. The predicted octanol–water partition coefficient (Wildman–Crippen LogP) is 2.37. The number of amides is 2. The van der Waals surface area contributed by atoms with Crippen LogP contribution in [0.4, 0.5) is 0 Å². The molecule has 2 heterocycles. The molecule has 2 amide bonds. The zero-order chi connectivity index (χ0) is 14.7. The van der Waals surface area contributed by atoms with E-state index in [1.165, 1.54) is 11.3 Å². The molecule has 0 atom stereocenters. The number of carbonyl (C=O) groups is 2. The molecule has 2 N–H and O–H groups in total. The predicted molar refractivity (Wildman–Crippen MR) is 81.0 cm³/mol. The average Bonchev–Trinajstić information content (AvgIpc) is 3.06. The van der Waals surface area contributed by atoms with E-state index in [1.807, 2.05) is 30.3 Å². The second-order valence-electron chi connectivity index (χ2n) is 4.27. The number of hydrogen-bond acceptors (Lipinski definition) is 4. The molecule has 0 saturated heterocycles. The molecular weight excluding hydrogens is 286 g/mol. The molecule has 0 aliphatic carbocycles. The standard InChI is InChI=1S/C15H11N3O2S/c19-14(17-18-15(20)13-6-3-9-21-13)12-8-7-10-4-1-2-5-11(10)16-12/h1-9H,(H,17,19)(H,18,20). The lowest BCUT2D eigenvalue weighted by Crippen LogP contribution is -2.41. The first-order chi connectivity index (χ1) is 10.2. The highest BCUT2D eigenvalue weighted by Gasteiger charge is 2.11. The highest BCUT2D eigenvalue weighted by atomic mass is 32.1. The Morgan fingerprint density at radius 3 is 2.52 bits per heavy atom. The normalized spacial score (nSPS) is 10.3. The summed E-state index contributed by atoms with van der Waals surface area (Å²) in [5.41, 5.74) is 5.70. The van der Waals surface area contributed by atoms with Crippen LogP contribution in [0.5, 0.6) is 0 Å². The van der Waals surface area contributed by atoms with Gasteiger partial charge >= 0.3 is 0 Å². The van der Waals surface area contributed by atoms with E-state index in [2.05, 4.69) is 15.8 Å². The van der Waals surface area contributed by atoms with E-state index in [9.17, 15) is 9.59 Å². The molecule has 2 aromatic heterocycles. The zero-order valence-corrected chi connectivity index (χ0v) is 11.7. The summed E-state index contributed by atoms with van der Waals surface area (Å²) in [6.07, 6.45) is 0. The number of hydrazine groups is 1. The lowest BCUT2D eigenvalue weighted by Gasteiger charge is -2.06. The van der Waals surface area contributed by atoms with E-state index in [0.29, 0.717) is 4.88 Å². The molecule has 0 fully saturated rings. The van der Waals surface area contributed by atoms with Crippen LogP contribution in [-0.2, 0) is 0 Å². The lowest BCUT2D eigenvalue weighted by atomic mass is 10.2. The Hall–Kier alpha value is -2.73. The number of thiophene rings is 1. The van der Waals surface area contributed by atoms with Gasteiger partial charge in [-0.25, -0.2) is 4.98 Å². The monoisotopic (exact) mass is 297 g/mol. The van der Waals surface area contributed by atoms with Crippen LogP contribution in [-0.4, -0.2) is 16.8 Å². The van der Waals surface area contributed by atoms with Crippen molar-refractivity contribution in [3.63, 3.8) is 0 Å². The molecule has 1 aromatic carbocycles. The molecule has 3 aromatic rings. The van der Waals surface area contributed by atoms with Crippen molar-refractivity contribution in [2.24, 2.45) is 0 Å². The summed E-state index contributed by atoms with van der Waals surface area (Å²) in [6, 6.07) is 14.4. The van der Waals surface area contributed by atoms with Gasteiger partial charge in [0, 0.05) is 5.39 Å². The van der Waals surface area contributed by atoms with Gasteiger partial charge in [-0.05, 0) is 23.6 Å². The Bertz CT molecular complexity index is 800. The number of nitrogens with one attached hydrogen (secondary N) is 2. The lowest BCUT2D eigenvalue weighted by molar-refractivity contribution is 0.0846. The molecular formula is C15H11N3O2S. The van der Waals surface area contributed by atoms with Crippen LogP contribution in [0.15, 0.2) is 53.9 Å². The van der Waals surface area contributed by atoms with Gasteiger partial charge in [0.25, 0.3) is 11.8 Å². The minimum absolute atomic E-state index is 0.250. The summed E-state index contributed by atoms with van der Waals surface area (Å²) < 4.78 is 0. The fourth-order valence-electron chi connectivity index (χ4n) is 1.84. The summed E-state index contributed by atoms with van der Waals surface area (Å²) in [5.74, 6) is -0.801. The number of para-hydroxylation sites is 1. The smallest absolute Gasteiger partial charge is 0.266 e. The van der Waals surface area contributed by atoms with Crippen LogP contribution >= 0.6 is 11.3 Å². The Morgan fingerprint density at radius 2 is 1.71 bits per heavy atom. The van der Waals surface area contributed by atoms with Crippen LogP contribution in [0.25, 0.3) is 10.9 Å². The van der Waals surface area contributed by atoms with Crippen molar-refractivity contribution in [1.29, 1.82) is 0 Å². The topological polar surface area (TPSA) is 71.1 Å². The first-order valence-corrected chi connectivity index (χ1v) is 7.12. The zero-order valence-electron chi connectivity index (χ0n) is 10.9. The van der Waals surface area contributed by atoms with Gasteiger partial charge in [0.15, 0.2) is 0 Å². The summed E-state index contributed by atoms with van der Waals surface area (Å²) >= 11 is 1.30. The summed E-state index contributed by atoms with van der Waals surface area (Å²) in [4.78, 5) is 28.5. The first-order valence-electron chi connectivity index (χ1n) is 6.24. The Balaban J connectivity index is 1.70. The highest BCUT2D eigenvalue weighted by molar-refractivity contribution is 7.12. The largest absolute Gasteiger partial charge is 0.288 e. The molecule has 3 rings (SSSR count). The number of benzene rings is 1. The maximum atomic E-state index is 12.0. The van der Waals surface area contributed by atoms with Gasteiger partial charge in [-0.2, -0.15) is 0 Å². The summed E-state index contributed by atoms with van der Waals surface area (Å²) in [6.45, 7) is 0. The third-order valence-electron chi connectivity index (χ3n) is 2.87. The van der Waals surface area contributed by atoms with Gasteiger partial charge in [-0.1, -0.05) is 30.3 Å². The Morgan fingerprint density at radius 1 is 0.905 bits per heavy atom. The van der Waals surface area contributed by atoms with Gasteiger partial charge in [0.05, 0.1) is 10.4 Å². The number of rotatable bonds is 2. The summed E-state index contributed by atoms with van der Waals surface area (Å²) in [5, 5.41) is 2.75. The first kappa shape index (κ1) is 13.3. The van der Waals surface area contributed by atoms with Crippen molar-refractivity contribution in [2.45, 2.75) is 0 Å². The molecule has 0 bridgehead atoms. The number of carbonyl (C=O) groups excluding carboxylic acids is 2. The van der Waals surface area contributed by atoms with E-state index in [-0.39, 0.29) is 11.6 Å². The van der Waals surface area contributed by atoms with Gasteiger partial charge < -0.3 is 0 Å². The minimum Gasteiger partial charge on any atom is -0.266 e. The molecule has 0 unspecified atom stereocenters. The Kier molecular flexibility index (Phi) is 3.61. The second-order valence-corrected chi connectivity index (χ2v) is 5.22.